The third-order valence-corrected chi connectivity index (χ3v) is 4.11. The predicted molar refractivity (Wildman–Crippen MR) is 115 cm³/mol. The van der Waals surface area contributed by atoms with Crippen LogP contribution < -0.4 is 10.6 Å². The van der Waals surface area contributed by atoms with Crippen LogP contribution in [0.2, 0.25) is 0 Å². The molecule has 0 bridgehead atoms. The Labute approximate surface area is 172 Å². The molecule has 0 atom stereocenters. The van der Waals surface area contributed by atoms with Gasteiger partial charge in [-0.1, -0.05) is 24.3 Å². The predicted octanol–water partition coefficient (Wildman–Crippen LogP) is 4.99. The zero-order chi connectivity index (χ0) is 21.1. The van der Waals surface area contributed by atoms with Gasteiger partial charge in [-0.15, -0.1) is 0 Å². The molecule has 0 unspecified atom stereocenters. The molecule has 0 aliphatic rings. The number of unbranched alkanes of at least 4 members (excludes halogenated alkanes) is 1. The summed E-state index contributed by atoms with van der Waals surface area (Å²) in [6, 6.07) is 15.4. The Morgan fingerprint density at radius 2 is 1.34 bits per heavy atom. The van der Waals surface area contributed by atoms with E-state index in [0.29, 0.717) is 18.9 Å². The molecule has 6 nitrogen and oxygen atoms in total. The summed E-state index contributed by atoms with van der Waals surface area (Å²) < 4.78 is 10.6. The normalized spacial score (nSPS) is 10.6. The number of carbonyl (C=O) groups is 2. The lowest BCUT2D eigenvalue weighted by Crippen LogP contribution is -2.14. The number of nitrogens with one attached hydrogen (secondary N) is 2. The minimum atomic E-state index is -0.448. The van der Waals surface area contributed by atoms with Gasteiger partial charge in [0.05, 0.1) is 12.7 Å². The molecule has 0 aliphatic carbocycles. The lowest BCUT2D eigenvalue weighted by molar-refractivity contribution is -0.114. The van der Waals surface area contributed by atoms with E-state index in [1.54, 1.807) is 0 Å². The first-order valence-corrected chi connectivity index (χ1v) is 9.93. The lowest BCUT2D eigenvalue weighted by Gasteiger charge is -2.09. The summed E-state index contributed by atoms with van der Waals surface area (Å²) in [6.07, 6.45) is 2.19. The zero-order valence-electron chi connectivity index (χ0n) is 17.4. The Hall–Kier alpha value is -2.86. The second kappa shape index (κ2) is 11.9. The number of carbonyl (C=O) groups excluding carboxylic acids is 2. The second-order valence-corrected chi connectivity index (χ2v) is 7.14. The van der Waals surface area contributed by atoms with Crippen LogP contribution in [0.5, 0.6) is 0 Å². The summed E-state index contributed by atoms with van der Waals surface area (Å²) in [6.45, 7) is 6.54. The molecule has 156 valence electrons. The fourth-order valence-electron chi connectivity index (χ4n) is 2.69. The quantitative estimate of drug-likeness (QED) is 0.553. The number of amides is 2. The number of anilines is 2. The molecule has 2 N–H and O–H groups in total. The maximum Gasteiger partial charge on any atom is 0.411 e. The van der Waals surface area contributed by atoms with Crippen LogP contribution in [0, 0.1) is 0 Å². The summed E-state index contributed by atoms with van der Waals surface area (Å²) >= 11 is 0. The van der Waals surface area contributed by atoms with E-state index in [0.717, 1.165) is 36.1 Å². The van der Waals surface area contributed by atoms with Crippen LogP contribution in [0.25, 0.3) is 0 Å². The molecule has 0 aromatic heterocycles. The Kier molecular flexibility index (Phi) is 9.18. The molecule has 0 aliphatic heterocycles. The highest BCUT2D eigenvalue weighted by Gasteiger charge is 2.04. The molecular formula is C23H30N2O4. The molecule has 2 aromatic carbocycles. The van der Waals surface area contributed by atoms with Gasteiger partial charge in [-0.25, -0.2) is 4.79 Å². The average Bonchev–Trinajstić information content (AvgIpc) is 2.67. The first-order valence-electron chi connectivity index (χ1n) is 9.93. The van der Waals surface area contributed by atoms with Gasteiger partial charge >= 0.3 is 6.09 Å². The third kappa shape index (κ3) is 9.25. The Balaban J connectivity index is 1.72. The SMILES string of the molecule is CC(=O)Nc1ccc(Cc2ccc(NC(=O)OCCCCOC(C)C)cc2)cc1. The van der Waals surface area contributed by atoms with Gasteiger partial charge in [0.2, 0.25) is 5.91 Å². The van der Waals surface area contributed by atoms with Gasteiger partial charge in [0, 0.05) is 24.9 Å². The Bertz CT molecular complexity index is 770. The average molecular weight is 399 g/mol. The molecule has 0 radical (unpaired) electrons. The maximum absolute atomic E-state index is 11.8. The van der Waals surface area contributed by atoms with Crippen LogP contribution in [-0.4, -0.2) is 31.3 Å². The van der Waals surface area contributed by atoms with E-state index in [-0.39, 0.29) is 12.0 Å². The number of ether oxygens (including phenoxy) is 2. The van der Waals surface area contributed by atoms with Crippen molar-refractivity contribution in [1.29, 1.82) is 0 Å². The van der Waals surface area contributed by atoms with E-state index >= 15 is 0 Å². The van der Waals surface area contributed by atoms with Gasteiger partial charge in [-0.2, -0.15) is 0 Å². The van der Waals surface area contributed by atoms with E-state index in [9.17, 15) is 9.59 Å². The fraction of sp³-hybridized carbons (Fsp3) is 0.391. The van der Waals surface area contributed by atoms with Crippen LogP contribution in [0.15, 0.2) is 48.5 Å². The molecule has 29 heavy (non-hydrogen) atoms. The number of hydrogen-bond acceptors (Lipinski definition) is 4. The molecule has 0 saturated heterocycles. The van der Waals surface area contributed by atoms with Crippen LogP contribution in [0.4, 0.5) is 16.2 Å². The topological polar surface area (TPSA) is 76.7 Å². The minimum Gasteiger partial charge on any atom is -0.449 e. The molecule has 2 aromatic rings. The maximum atomic E-state index is 11.8. The summed E-state index contributed by atoms with van der Waals surface area (Å²) in [5, 5.41) is 5.49. The highest BCUT2D eigenvalue weighted by molar-refractivity contribution is 5.88. The molecule has 0 heterocycles. The van der Waals surface area contributed by atoms with Crippen molar-refractivity contribution in [2.45, 2.75) is 46.1 Å². The van der Waals surface area contributed by atoms with Crippen LogP contribution >= 0.6 is 0 Å². The largest absolute Gasteiger partial charge is 0.449 e. The molecule has 0 fully saturated rings. The number of benzene rings is 2. The molecular weight excluding hydrogens is 368 g/mol. The lowest BCUT2D eigenvalue weighted by atomic mass is 10.0. The van der Waals surface area contributed by atoms with Crippen LogP contribution in [0.1, 0.15) is 44.7 Å². The van der Waals surface area contributed by atoms with Crippen molar-refractivity contribution < 1.29 is 19.1 Å². The minimum absolute atomic E-state index is 0.0838. The first-order chi connectivity index (χ1) is 13.9. The van der Waals surface area contributed by atoms with Gasteiger partial charge in [0.1, 0.15) is 0 Å². The standard InChI is InChI=1S/C23H30N2O4/c1-17(2)28-14-4-5-15-29-23(27)25-22-12-8-20(9-13-22)16-19-6-10-21(11-7-19)24-18(3)26/h6-13,17H,4-5,14-16H2,1-3H3,(H,24,26)(H,25,27). The van der Waals surface area contributed by atoms with Crippen molar-refractivity contribution in [3.05, 3.63) is 59.7 Å². The van der Waals surface area contributed by atoms with E-state index in [4.69, 9.17) is 9.47 Å². The van der Waals surface area contributed by atoms with E-state index in [1.807, 2.05) is 62.4 Å². The monoisotopic (exact) mass is 398 g/mol. The third-order valence-electron chi connectivity index (χ3n) is 4.11. The van der Waals surface area contributed by atoms with Crippen molar-refractivity contribution in [2.75, 3.05) is 23.8 Å². The molecule has 0 saturated carbocycles. The zero-order valence-corrected chi connectivity index (χ0v) is 17.4. The van der Waals surface area contributed by atoms with E-state index in [2.05, 4.69) is 10.6 Å². The van der Waals surface area contributed by atoms with Gasteiger partial charge in [0.25, 0.3) is 0 Å². The highest BCUT2D eigenvalue weighted by atomic mass is 16.5. The van der Waals surface area contributed by atoms with E-state index < -0.39 is 6.09 Å². The fourth-order valence-corrected chi connectivity index (χ4v) is 2.69. The first kappa shape index (κ1) is 22.4. The summed E-state index contributed by atoms with van der Waals surface area (Å²) in [5.74, 6) is -0.0838. The molecule has 2 amide bonds. The van der Waals surface area contributed by atoms with Crippen molar-refractivity contribution in [3.63, 3.8) is 0 Å². The van der Waals surface area contributed by atoms with Gasteiger partial charge in [-0.3, -0.25) is 10.1 Å². The Morgan fingerprint density at radius 1 is 0.828 bits per heavy atom. The number of hydrogen-bond donors (Lipinski definition) is 2. The van der Waals surface area contributed by atoms with Crippen molar-refractivity contribution in [3.8, 4) is 0 Å². The summed E-state index contributed by atoms with van der Waals surface area (Å²) in [7, 11) is 0. The van der Waals surface area contributed by atoms with Gasteiger partial charge in [-0.05, 0) is 68.5 Å². The smallest absolute Gasteiger partial charge is 0.411 e. The Morgan fingerprint density at radius 3 is 1.86 bits per heavy atom. The molecule has 6 heteroatoms. The van der Waals surface area contributed by atoms with E-state index in [1.165, 1.54) is 6.92 Å². The second-order valence-electron chi connectivity index (χ2n) is 7.14. The molecule has 2 rings (SSSR count). The van der Waals surface area contributed by atoms with Gasteiger partial charge in [0.15, 0.2) is 0 Å². The van der Waals surface area contributed by atoms with Crippen molar-refractivity contribution >= 4 is 23.4 Å². The van der Waals surface area contributed by atoms with Crippen LogP contribution in [-0.2, 0) is 20.7 Å². The summed E-state index contributed by atoms with van der Waals surface area (Å²) in [4.78, 5) is 22.9. The van der Waals surface area contributed by atoms with Crippen LogP contribution in [0.3, 0.4) is 0 Å². The highest BCUT2D eigenvalue weighted by Crippen LogP contribution is 2.16. The molecule has 0 spiro atoms. The van der Waals surface area contributed by atoms with Crippen molar-refractivity contribution in [2.24, 2.45) is 0 Å². The summed E-state index contributed by atoms with van der Waals surface area (Å²) in [5.41, 5.74) is 3.75. The number of rotatable bonds is 10. The van der Waals surface area contributed by atoms with Crippen molar-refractivity contribution in [1.82, 2.24) is 0 Å². The van der Waals surface area contributed by atoms with Gasteiger partial charge < -0.3 is 14.8 Å².